The molecule has 11 heteroatoms. The lowest BCUT2D eigenvalue weighted by atomic mass is 9.75. The number of hydrogen-bond acceptors (Lipinski definition) is 7. The molecule has 168 valence electrons. The number of carboxylic acids is 1. The SMILES string of the molecule is C[C@@H](O)[C@@]1(C)C(=O)N2C(C(=O)O)=C(CN3c4cc(CO)cc5cccc(c45)S3(=O)=O)S[C@@H]21. The van der Waals surface area contributed by atoms with Crippen molar-refractivity contribution in [3.05, 3.63) is 46.5 Å². The first-order chi connectivity index (χ1) is 15.0. The molecule has 0 bridgehead atoms. The molecule has 32 heavy (non-hydrogen) atoms. The van der Waals surface area contributed by atoms with Crippen LogP contribution in [-0.2, 0) is 26.2 Å². The summed E-state index contributed by atoms with van der Waals surface area (Å²) < 4.78 is 27.9. The highest BCUT2D eigenvalue weighted by atomic mass is 32.2. The van der Waals surface area contributed by atoms with Crippen molar-refractivity contribution in [1.29, 1.82) is 0 Å². The van der Waals surface area contributed by atoms with E-state index in [1.54, 1.807) is 31.2 Å². The monoisotopic (exact) mass is 476 g/mol. The number of aliphatic hydroxyl groups is 2. The van der Waals surface area contributed by atoms with E-state index in [2.05, 4.69) is 0 Å². The third-order valence-electron chi connectivity index (χ3n) is 6.54. The van der Waals surface area contributed by atoms with Crippen LogP contribution < -0.4 is 4.31 Å². The van der Waals surface area contributed by atoms with Gasteiger partial charge < -0.3 is 15.3 Å². The molecule has 2 aromatic carbocycles. The first kappa shape index (κ1) is 21.3. The van der Waals surface area contributed by atoms with E-state index in [4.69, 9.17) is 0 Å². The van der Waals surface area contributed by atoms with E-state index < -0.39 is 38.8 Å². The number of sulfonamides is 1. The van der Waals surface area contributed by atoms with Crippen molar-refractivity contribution in [1.82, 2.24) is 4.90 Å². The minimum atomic E-state index is -3.97. The van der Waals surface area contributed by atoms with E-state index in [0.29, 0.717) is 22.0 Å². The molecule has 2 aromatic rings. The first-order valence-corrected chi connectivity index (χ1v) is 12.2. The van der Waals surface area contributed by atoms with Crippen molar-refractivity contribution in [2.75, 3.05) is 10.8 Å². The zero-order valence-electron chi connectivity index (χ0n) is 17.1. The Labute approximate surface area is 188 Å². The zero-order chi connectivity index (χ0) is 23.2. The number of amides is 1. The van der Waals surface area contributed by atoms with Crippen LogP contribution in [0.5, 0.6) is 0 Å². The van der Waals surface area contributed by atoms with Gasteiger partial charge in [0.2, 0.25) is 5.91 Å². The molecule has 1 saturated heterocycles. The van der Waals surface area contributed by atoms with Crippen molar-refractivity contribution in [2.24, 2.45) is 5.41 Å². The fourth-order valence-electron chi connectivity index (χ4n) is 4.60. The van der Waals surface area contributed by atoms with E-state index in [1.165, 1.54) is 13.0 Å². The summed E-state index contributed by atoms with van der Waals surface area (Å²) in [7, 11) is -3.97. The highest BCUT2D eigenvalue weighted by Gasteiger charge is 2.66. The number of carbonyl (C=O) groups excluding carboxylic acids is 1. The van der Waals surface area contributed by atoms with Crippen LogP contribution in [0.25, 0.3) is 10.8 Å². The number of nitrogens with zero attached hydrogens (tertiary/aromatic N) is 2. The van der Waals surface area contributed by atoms with Gasteiger partial charge in [0.05, 0.1) is 29.8 Å². The highest BCUT2D eigenvalue weighted by molar-refractivity contribution is 8.04. The average molecular weight is 477 g/mol. The number of β-lactam (4-membered cyclic amide) rings is 1. The second-order valence-electron chi connectivity index (χ2n) is 8.32. The maximum absolute atomic E-state index is 13.4. The molecule has 0 unspecified atom stereocenters. The number of thioether (sulfide) groups is 1. The smallest absolute Gasteiger partial charge is 0.353 e. The molecule has 0 radical (unpaired) electrons. The molecule has 1 amide bonds. The van der Waals surface area contributed by atoms with Crippen LogP contribution >= 0.6 is 11.8 Å². The third-order valence-corrected chi connectivity index (χ3v) is 9.87. The summed E-state index contributed by atoms with van der Waals surface area (Å²) in [6.07, 6.45) is -1.00. The molecular formula is C21H20N2O7S2. The Balaban J connectivity index is 1.62. The Kier molecular flexibility index (Phi) is 4.45. The largest absolute Gasteiger partial charge is 0.477 e. The van der Waals surface area contributed by atoms with Gasteiger partial charge in [-0.2, -0.15) is 0 Å². The highest BCUT2D eigenvalue weighted by Crippen LogP contribution is 2.57. The Hall–Kier alpha value is -2.60. The van der Waals surface area contributed by atoms with Crippen LogP contribution in [0.4, 0.5) is 5.69 Å². The van der Waals surface area contributed by atoms with Crippen LogP contribution in [0.3, 0.4) is 0 Å². The summed E-state index contributed by atoms with van der Waals surface area (Å²) in [5.74, 6) is -1.84. The van der Waals surface area contributed by atoms with Crippen LogP contribution in [-0.4, -0.2) is 58.5 Å². The third kappa shape index (κ3) is 2.50. The van der Waals surface area contributed by atoms with E-state index in [1.807, 2.05) is 0 Å². The summed E-state index contributed by atoms with van der Waals surface area (Å²) >= 11 is 1.09. The van der Waals surface area contributed by atoms with Crippen molar-refractivity contribution in [3.63, 3.8) is 0 Å². The maximum atomic E-state index is 13.4. The van der Waals surface area contributed by atoms with Gasteiger partial charge in [-0.3, -0.25) is 14.0 Å². The van der Waals surface area contributed by atoms with Gasteiger partial charge in [0, 0.05) is 10.3 Å². The van der Waals surface area contributed by atoms with E-state index in [9.17, 15) is 33.3 Å². The Morgan fingerprint density at radius 2 is 2.03 bits per heavy atom. The number of aliphatic carboxylic acids is 1. The van der Waals surface area contributed by atoms with E-state index >= 15 is 0 Å². The van der Waals surface area contributed by atoms with Crippen molar-refractivity contribution < 1.29 is 33.3 Å². The number of hydrogen-bond donors (Lipinski definition) is 3. The molecule has 3 N–H and O–H groups in total. The van der Waals surface area contributed by atoms with Crippen LogP contribution in [0.1, 0.15) is 19.4 Å². The maximum Gasteiger partial charge on any atom is 0.353 e. The van der Waals surface area contributed by atoms with Gasteiger partial charge in [-0.1, -0.05) is 23.9 Å². The second kappa shape index (κ2) is 6.70. The molecular weight excluding hydrogens is 456 g/mol. The predicted octanol–water partition coefficient (Wildman–Crippen LogP) is 1.44. The number of carboxylic acid groups (broad SMARTS) is 1. The lowest BCUT2D eigenvalue weighted by molar-refractivity contribution is -0.170. The molecule has 0 saturated carbocycles. The minimum absolute atomic E-state index is 0.114. The fraction of sp³-hybridized carbons (Fsp3) is 0.333. The fourth-order valence-corrected chi connectivity index (χ4v) is 7.97. The van der Waals surface area contributed by atoms with Crippen molar-refractivity contribution in [2.45, 2.75) is 36.8 Å². The molecule has 3 aliphatic heterocycles. The van der Waals surface area contributed by atoms with E-state index in [0.717, 1.165) is 21.0 Å². The molecule has 0 aliphatic carbocycles. The molecule has 1 fully saturated rings. The lowest BCUT2D eigenvalue weighted by Crippen LogP contribution is -2.68. The first-order valence-electron chi connectivity index (χ1n) is 9.87. The van der Waals surface area contributed by atoms with E-state index in [-0.39, 0.29) is 28.6 Å². The number of rotatable bonds is 5. The Morgan fingerprint density at radius 1 is 1.31 bits per heavy atom. The van der Waals surface area contributed by atoms with Gasteiger partial charge in [-0.15, -0.1) is 0 Å². The summed E-state index contributed by atoms with van der Waals surface area (Å²) in [6, 6.07) is 8.17. The van der Waals surface area contributed by atoms with Gasteiger partial charge in [-0.25, -0.2) is 13.2 Å². The Bertz CT molecular complexity index is 1350. The van der Waals surface area contributed by atoms with Crippen LogP contribution in [0.15, 0.2) is 45.8 Å². The minimum Gasteiger partial charge on any atom is -0.477 e. The Morgan fingerprint density at radius 3 is 2.66 bits per heavy atom. The average Bonchev–Trinajstić information content (AvgIpc) is 3.21. The summed E-state index contributed by atoms with van der Waals surface area (Å²) in [5.41, 5.74) is -0.536. The van der Waals surface area contributed by atoms with Crippen LogP contribution in [0.2, 0.25) is 0 Å². The molecule has 3 atom stereocenters. The molecule has 3 aliphatic rings. The summed E-state index contributed by atoms with van der Waals surface area (Å²) in [4.78, 5) is 26.3. The molecule has 5 rings (SSSR count). The number of carbonyl (C=O) groups is 2. The topological polar surface area (TPSA) is 135 Å². The standard InChI is InChI=1S/C21H20N2O7S2/c1-10(25)21(2)19(28)23-17(18(26)27)14(31-20(21)23)8-22-13-7-11(9-24)6-12-4-3-5-15(16(12)13)32(22,29)30/h3-7,10,20,24-25H,8-9H2,1-2H3,(H,26,27)/t10-,20-,21+/m1/s1. The number of fused-ring (bicyclic) bond motifs is 1. The molecule has 0 aromatic heterocycles. The van der Waals surface area contributed by atoms with Gasteiger partial charge >= 0.3 is 5.97 Å². The molecule has 9 nitrogen and oxygen atoms in total. The van der Waals surface area contributed by atoms with Gasteiger partial charge in [0.15, 0.2) is 0 Å². The second-order valence-corrected chi connectivity index (χ2v) is 11.3. The molecule has 0 spiro atoms. The van der Waals surface area contributed by atoms with Crippen molar-refractivity contribution in [3.8, 4) is 0 Å². The number of benzene rings is 2. The van der Waals surface area contributed by atoms with Crippen LogP contribution in [0, 0.1) is 5.41 Å². The number of aliphatic hydroxyl groups excluding tert-OH is 2. The normalized spacial score (nSPS) is 26.5. The van der Waals surface area contributed by atoms with Gasteiger partial charge in [0.25, 0.3) is 10.0 Å². The van der Waals surface area contributed by atoms with Gasteiger partial charge in [-0.05, 0) is 43.0 Å². The lowest BCUT2D eigenvalue weighted by Gasteiger charge is -2.52. The summed E-state index contributed by atoms with van der Waals surface area (Å²) in [6.45, 7) is 2.50. The zero-order valence-corrected chi connectivity index (χ0v) is 18.8. The van der Waals surface area contributed by atoms with Gasteiger partial charge in [0.1, 0.15) is 16.5 Å². The molecule has 3 heterocycles. The predicted molar refractivity (Wildman–Crippen MR) is 117 cm³/mol. The quantitative estimate of drug-likeness (QED) is 0.552. The number of anilines is 1. The summed E-state index contributed by atoms with van der Waals surface area (Å²) in [5, 5.41) is 30.1. The van der Waals surface area contributed by atoms with Crippen molar-refractivity contribution >= 4 is 50.1 Å².